The summed E-state index contributed by atoms with van der Waals surface area (Å²) in [5.41, 5.74) is 0.515. The average molecular weight is 318 g/mol. The number of nitrogens with one attached hydrogen (secondary N) is 1. The lowest BCUT2D eigenvalue weighted by Crippen LogP contribution is -2.14. The molecule has 5 nitrogen and oxygen atoms in total. The van der Waals surface area contributed by atoms with Crippen LogP contribution in [0.25, 0.3) is 0 Å². The molecule has 0 saturated carbocycles. The van der Waals surface area contributed by atoms with Crippen LogP contribution in [0.2, 0.25) is 10.0 Å². The first-order valence-electron chi connectivity index (χ1n) is 5.07. The van der Waals surface area contributed by atoms with Crippen LogP contribution in [0, 0.1) is 0 Å². The Kier molecular flexibility index (Phi) is 3.96. The third-order valence-electron chi connectivity index (χ3n) is 2.20. The number of pyridine rings is 1. The monoisotopic (exact) mass is 317 g/mol. The summed E-state index contributed by atoms with van der Waals surface area (Å²) in [6, 6.07) is 7.59. The molecule has 0 radical (unpaired) electrons. The lowest BCUT2D eigenvalue weighted by atomic mass is 10.3. The summed E-state index contributed by atoms with van der Waals surface area (Å²) >= 11 is 11.7. The highest BCUT2D eigenvalue weighted by Gasteiger charge is 2.14. The second-order valence-corrected chi connectivity index (χ2v) is 6.08. The maximum Gasteiger partial charge on any atom is 0.241 e. The molecule has 2 rings (SSSR count). The highest BCUT2D eigenvalue weighted by Crippen LogP contribution is 2.26. The van der Waals surface area contributed by atoms with E-state index in [2.05, 4.69) is 10.3 Å². The number of aromatic nitrogens is 1. The van der Waals surface area contributed by atoms with Crippen LogP contribution in [-0.4, -0.2) is 13.4 Å². The Labute approximate surface area is 120 Å². The summed E-state index contributed by atoms with van der Waals surface area (Å²) in [5, 5.41) is 8.77. The Morgan fingerprint density at radius 2 is 1.79 bits per heavy atom. The van der Waals surface area contributed by atoms with Gasteiger partial charge < -0.3 is 5.32 Å². The molecule has 0 amide bonds. The molecule has 0 atom stereocenters. The third kappa shape index (κ3) is 3.57. The number of rotatable bonds is 3. The number of anilines is 2. The topological polar surface area (TPSA) is 85.1 Å². The van der Waals surface area contributed by atoms with Crippen molar-refractivity contribution in [2.45, 2.75) is 4.90 Å². The van der Waals surface area contributed by atoms with Crippen LogP contribution in [0.15, 0.2) is 41.4 Å². The largest absolute Gasteiger partial charge is 0.339 e. The van der Waals surface area contributed by atoms with Crippen molar-refractivity contribution in [3.8, 4) is 0 Å². The van der Waals surface area contributed by atoms with Crippen molar-refractivity contribution in [1.82, 2.24) is 4.98 Å². The van der Waals surface area contributed by atoms with Gasteiger partial charge in [0.1, 0.15) is 4.90 Å². The zero-order valence-electron chi connectivity index (χ0n) is 9.47. The number of hydrogen-bond donors (Lipinski definition) is 2. The van der Waals surface area contributed by atoms with Crippen molar-refractivity contribution in [3.63, 3.8) is 0 Å². The number of halogens is 2. The molecule has 0 spiro atoms. The maximum absolute atomic E-state index is 11.4. The summed E-state index contributed by atoms with van der Waals surface area (Å²) in [4.78, 5) is 3.84. The number of nitrogens with zero attached hydrogens (tertiary/aromatic N) is 1. The van der Waals surface area contributed by atoms with E-state index in [9.17, 15) is 8.42 Å². The van der Waals surface area contributed by atoms with Gasteiger partial charge in [0.25, 0.3) is 0 Å². The van der Waals surface area contributed by atoms with Gasteiger partial charge in [0.15, 0.2) is 5.82 Å². The van der Waals surface area contributed by atoms with Crippen molar-refractivity contribution in [1.29, 1.82) is 0 Å². The van der Waals surface area contributed by atoms with E-state index in [1.807, 2.05) is 0 Å². The zero-order valence-corrected chi connectivity index (χ0v) is 11.8. The molecule has 0 aliphatic carbocycles. The fourth-order valence-electron chi connectivity index (χ4n) is 1.48. The fraction of sp³-hybridized carbons (Fsp3) is 0. The summed E-state index contributed by atoms with van der Waals surface area (Å²) in [6.07, 6.45) is 1.45. The van der Waals surface area contributed by atoms with E-state index >= 15 is 0 Å². The Hall–Kier alpha value is -1.34. The Morgan fingerprint density at radius 3 is 2.37 bits per heavy atom. The van der Waals surface area contributed by atoms with Crippen LogP contribution in [0.4, 0.5) is 11.5 Å². The van der Waals surface area contributed by atoms with Gasteiger partial charge in [-0.25, -0.2) is 18.5 Å². The minimum Gasteiger partial charge on any atom is -0.339 e. The predicted octanol–water partition coefficient (Wildman–Crippen LogP) is 2.78. The summed E-state index contributed by atoms with van der Waals surface area (Å²) in [7, 11) is -3.86. The lowest BCUT2D eigenvalue weighted by molar-refractivity contribution is 0.598. The zero-order chi connectivity index (χ0) is 14.0. The van der Waals surface area contributed by atoms with Gasteiger partial charge in [-0.3, -0.25) is 0 Å². The quantitative estimate of drug-likeness (QED) is 0.911. The summed E-state index contributed by atoms with van der Waals surface area (Å²) < 4.78 is 22.8. The fourth-order valence-corrected chi connectivity index (χ4v) is 2.64. The Balaban J connectivity index is 2.44. The Morgan fingerprint density at radius 1 is 1.16 bits per heavy atom. The number of nitrogens with two attached hydrogens (primary N) is 1. The minimum absolute atomic E-state index is 0.105. The average Bonchev–Trinajstić information content (AvgIpc) is 2.26. The smallest absolute Gasteiger partial charge is 0.241 e. The van der Waals surface area contributed by atoms with E-state index in [1.165, 1.54) is 18.3 Å². The van der Waals surface area contributed by atoms with Crippen molar-refractivity contribution in [3.05, 3.63) is 46.6 Å². The van der Waals surface area contributed by atoms with Gasteiger partial charge in [-0.1, -0.05) is 23.2 Å². The second kappa shape index (κ2) is 5.34. The summed E-state index contributed by atoms with van der Waals surface area (Å²) in [6.45, 7) is 0. The molecule has 8 heteroatoms. The number of hydrogen-bond acceptors (Lipinski definition) is 4. The van der Waals surface area contributed by atoms with E-state index in [0.29, 0.717) is 15.7 Å². The van der Waals surface area contributed by atoms with E-state index in [-0.39, 0.29) is 10.7 Å². The van der Waals surface area contributed by atoms with Crippen LogP contribution in [0.5, 0.6) is 0 Å². The minimum atomic E-state index is -3.86. The molecule has 0 aliphatic rings. The molecule has 1 aromatic carbocycles. The maximum atomic E-state index is 11.4. The second-order valence-electron chi connectivity index (χ2n) is 3.68. The van der Waals surface area contributed by atoms with Gasteiger partial charge in [-0.15, -0.1) is 0 Å². The van der Waals surface area contributed by atoms with Gasteiger partial charge in [0, 0.05) is 21.9 Å². The highest BCUT2D eigenvalue weighted by atomic mass is 35.5. The van der Waals surface area contributed by atoms with Crippen LogP contribution >= 0.6 is 23.2 Å². The SMILES string of the molecule is NS(=O)(=O)c1cccnc1Nc1cc(Cl)cc(Cl)c1. The van der Waals surface area contributed by atoms with E-state index in [4.69, 9.17) is 28.3 Å². The van der Waals surface area contributed by atoms with Crippen LogP contribution < -0.4 is 10.5 Å². The molecule has 0 saturated heterocycles. The van der Waals surface area contributed by atoms with Gasteiger partial charge >= 0.3 is 0 Å². The molecule has 100 valence electrons. The van der Waals surface area contributed by atoms with Crippen LogP contribution in [-0.2, 0) is 10.0 Å². The van der Waals surface area contributed by atoms with Gasteiger partial charge in [-0.05, 0) is 30.3 Å². The van der Waals surface area contributed by atoms with Gasteiger partial charge in [0.2, 0.25) is 10.0 Å². The molecule has 1 aromatic heterocycles. The highest BCUT2D eigenvalue weighted by molar-refractivity contribution is 7.89. The molecule has 3 N–H and O–H groups in total. The van der Waals surface area contributed by atoms with Crippen molar-refractivity contribution in [2.24, 2.45) is 5.14 Å². The number of primary sulfonamides is 1. The normalized spacial score (nSPS) is 11.3. The first-order chi connectivity index (χ1) is 8.86. The molecular weight excluding hydrogens is 309 g/mol. The molecule has 0 fully saturated rings. The van der Waals surface area contributed by atoms with E-state index in [0.717, 1.165) is 0 Å². The molecule has 1 heterocycles. The van der Waals surface area contributed by atoms with Crippen molar-refractivity contribution >= 4 is 44.7 Å². The number of sulfonamides is 1. The first kappa shape index (κ1) is 14.1. The molecule has 0 aliphatic heterocycles. The van der Waals surface area contributed by atoms with E-state index < -0.39 is 10.0 Å². The lowest BCUT2D eigenvalue weighted by Gasteiger charge is -2.10. The molecule has 0 bridgehead atoms. The molecule has 19 heavy (non-hydrogen) atoms. The number of benzene rings is 1. The standard InChI is InChI=1S/C11H9Cl2N3O2S/c12-7-4-8(13)6-9(5-7)16-11-10(19(14,17)18)2-1-3-15-11/h1-6H,(H,15,16)(H2,14,17,18). The summed E-state index contributed by atoms with van der Waals surface area (Å²) in [5.74, 6) is 0.114. The molecule has 2 aromatic rings. The Bertz CT molecular complexity index is 699. The molecule has 0 unspecified atom stereocenters. The van der Waals surface area contributed by atoms with Gasteiger partial charge in [0.05, 0.1) is 0 Å². The first-order valence-corrected chi connectivity index (χ1v) is 7.37. The van der Waals surface area contributed by atoms with Crippen molar-refractivity contribution < 1.29 is 8.42 Å². The van der Waals surface area contributed by atoms with Crippen LogP contribution in [0.3, 0.4) is 0 Å². The third-order valence-corrected chi connectivity index (χ3v) is 3.58. The molecular formula is C11H9Cl2N3O2S. The van der Waals surface area contributed by atoms with Gasteiger partial charge in [-0.2, -0.15) is 0 Å². The van der Waals surface area contributed by atoms with Crippen molar-refractivity contribution in [2.75, 3.05) is 5.32 Å². The predicted molar refractivity (Wildman–Crippen MR) is 75.4 cm³/mol. The van der Waals surface area contributed by atoms with Crippen LogP contribution in [0.1, 0.15) is 0 Å². The van der Waals surface area contributed by atoms with E-state index in [1.54, 1.807) is 18.2 Å².